The van der Waals surface area contributed by atoms with Crippen molar-refractivity contribution in [3.63, 3.8) is 0 Å². The maximum Gasteiger partial charge on any atom is 0.338 e. The van der Waals surface area contributed by atoms with E-state index in [9.17, 15) is 19.7 Å². The average molecular weight is 687 g/mol. The van der Waals surface area contributed by atoms with Crippen molar-refractivity contribution in [2.75, 3.05) is 13.7 Å². The van der Waals surface area contributed by atoms with E-state index < -0.39 is 22.5 Å². The van der Waals surface area contributed by atoms with Gasteiger partial charge in [-0.05, 0) is 55.8 Å². The first-order valence-corrected chi connectivity index (χ1v) is 15.2. The van der Waals surface area contributed by atoms with Crippen LogP contribution in [0.25, 0.3) is 17.4 Å². The van der Waals surface area contributed by atoms with E-state index in [0.29, 0.717) is 44.9 Å². The highest BCUT2D eigenvalue weighted by atomic mass is 79.9. The number of furan rings is 1. The van der Waals surface area contributed by atoms with Crippen molar-refractivity contribution in [2.24, 2.45) is 4.99 Å². The molecule has 1 aliphatic heterocycles. The quantitative estimate of drug-likeness (QED) is 0.117. The molecular formula is C30H25BrClN3O7S. The molecule has 0 amide bonds. The zero-order chi connectivity index (χ0) is 30.8. The Bertz CT molecular complexity index is 1960. The predicted octanol–water partition coefficient (Wildman–Crippen LogP) is 6.17. The van der Waals surface area contributed by atoms with Gasteiger partial charge < -0.3 is 13.9 Å². The summed E-state index contributed by atoms with van der Waals surface area (Å²) in [6.07, 6.45) is 2.76. The van der Waals surface area contributed by atoms with Crippen molar-refractivity contribution in [3.8, 4) is 17.1 Å². The molecule has 2 aromatic carbocycles. The first-order chi connectivity index (χ1) is 20.7. The molecule has 1 aliphatic rings. The second-order valence-corrected chi connectivity index (χ2v) is 11.8. The van der Waals surface area contributed by atoms with Gasteiger partial charge in [-0.15, -0.1) is 0 Å². The summed E-state index contributed by atoms with van der Waals surface area (Å²) < 4.78 is 19.5. The molecule has 0 unspecified atom stereocenters. The Morgan fingerprint density at radius 3 is 2.72 bits per heavy atom. The van der Waals surface area contributed by atoms with Gasteiger partial charge >= 0.3 is 5.97 Å². The number of nitro benzene ring substituents is 1. The summed E-state index contributed by atoms with van der Waals surface area (Å²) in [6.45, 7) is 3.86. The number of carbonyl (C=O) groups excluding carboxylic acids is 1. The fourth-order valence-corrected chi connectivity index (χ4v) is 6.45. The van der Waals surface area contributed by atoms with Crippen LogP contribution in [0.4, 0.5) is 5.69 Å². The van der Waals surface area contributed by atoms with Crippen LogP contribution < -0.4 is 19.6 Å². The molecule has 2 aromatic heterocycles. The monoisotopic (exact) mass is 685 g/mol. The molecule has 10 nitrogen and oxygen atoms in total. The topological polar surface area (TPSA) is 126 Å². The molecule has 0 radical (unpaired) electrons. The molecule has 0 saturated heterocycles. The Hall–Kier alpha value is -4.00. The molecular weight excluding hydrogens is 662 g/mol. The molecule has 0 fully saturated rings. The van der Waals surface area contributed by atoms with Gasteiger partial charge in [0, 0.05) is 27.2 Å². The molecule has 0 bridgehead atoms. The van der Waals surface area contributed by atoms with Crippen LogP contribution in [0, 0.1) is 10.1 Å². The number of hydrogen-bond acceptors (Lipinski definition) is 9. The maximum absolute atomic E-state index is 14.0. The number of esters is 1. The SMILES string of the molecule is CCCC1=C(C(=O)OCC)[C@H](c2cc(Br)ccc2OC)n2c(s/c(=C/c3ccc(-c4ccc(Cl)cc4[N+](=O)[O-])o3)c2=O)=N1. The summed E-state index contributed by atoms with van der Waals surface area (Å²) in [5, 5.41) is 11.8. The van der Waals surface area contributed by atoms with Crippen LogP contribution >= 0.6 is 38.9 Å². The lowest BCUT2D eigenvalue weighted by molar-refractivity contribution is -0.384. The number of allylic oxidation sites excluding steroid dienone is 1. The number of thiazole rings is 1. The number of rotatable bonds is 9. The van der Waals surface area contributed by atoms with Gasteiger partial charge in [-0.2, -0.15) is 0 Å². The van der Waals surface area contributed by atoms with Gasteiger partial charge in [-0.3, -0.25) is 19.5 Å². The zero-order valence-corrected chi connectivity index (χ0v) is 26.4. The number of hydrogen-bond donors (Lipinski definition) is 0. The van der Waals surface area contributed by atoms with E-state index in [4.69, 9.17) is 30.5 Å². The van der Waals surface area contributed by atoms with Crippen molar-refractivity contribution in [3.05, 3.63) is 110 Å². The molecule has 222 valence electrons. The van der Waals surface area contributed by atoms with Crippen LogP contribution in [0.15, 0.2) is 78.5 Å². The van der Waals surface area contributed by atoms with Crippen molar-refractivity contribution < 1.29 is 23.6 Å². The Morgan fingerprint density at radius 1 is 1.23 bits per heavy atom. The number of nitrogens with zero attached hydrogens (tertiary/aromatic N) is 3. The Kier molecular flexibility index (Phi) is 9.00. The zero-order valence-electron chi connectivity index (χ0n) is 23.3. The molecule has 0 N–H and O–H groups in total. The van der Waals surface area contributed by atoms with E-state index in [0.717, 1.165) is 15.8 Å². The number of benzene rings is 2. The lowest BCUT2D eigenvalue weighted by Gasteiger charge is -2.27. The standard InChI is InChI=1S/C30H25BrClN3O7S/c1-4-6-21-26(29(37)41-5-2)27(20-13-16(31)7-11-23(20)40-3)34-28(36)25(43-30(34)33-21)15-18-9-12-24(42-18)19-10-8-17(32)14-22(19)35(38)39/h7-15,27H,4-6H2,1-3H3/b25-15+/t27-/m0/s1. The first kappa shape index (κ1) is 30.5. The third kappa shape index (κ3) is 5.95. The van der Waals surface area contributed by atoms with E-state index >= 15 is 0 Å². The molecule has 0 spiro atoms. The molecule has 0 aliphatic carbocycles. The molecule has 3 heterocycles. The van der Waals surface area contributed by atoms with Gasteiger partial charge in [-0.25, -0.2) is 9.79 Å². The molecule has 4 aromatic rings. The molecule has 5 rings (SSSR count). The summed E-state index contributed by atoms with van der Waals surface area (Å²) in [5.74, 6) is 0.479. The van der Waals surface area contributed by atoms with Crippen molar-refractivity contribution in [1.29, 1.82) is 0 Å². The average Bonchev–Trinajstić information content (AvgIpc) is 3.56. The van der Waals surface area contributed by atoms with Crippen LogP contribution in [0.3, 0.4) is 0 Å². The van der Waals surface area contributed by atoms with Crippen molar-refractivity contribution in [2.45, 2.75) is 32.7 Å². The van der Waals surface area contributed by atoms with Crippen LogP contribution in [0.5, 0.6) is 5.75 Å². The van der Waals surface area contributed by atoms with Gasteiger partial charge in [0.25, 0.3) is 11.2 Å². The normalized spacial score (nSPS) is 14.8. The predicted molar refractivity (Wildman–Crippen MR) is 166 cm³/mol. The lowest BCUT2D eigenvalue weighted by Crippen LogP contribution is -2.40. The van der Waals surface area contributed by atoms with E-state index in [-0.39, 0.29) is 34.2 Å². The Morgan fingerprint density at radius 2 is 2.02 bits per heavy atom. The van der Waals surface area contributed by atoms with Gasteiger partial charge in [0.1, 0.15) is 23.3 Å². The molecule has 1 atom stereocenters. The van der Waals surface area contributed by atoms with E-state index in [1.54, 1.807) is 31.2 Å². The summed E-state index contributed by atoms with van der Waals surface area (Å²) >= 11 is 10.6. The fraction of sp³-hybridized carbons (Fsp3) is 0.233. The summed E-state index contributed by atoms with van der Waals surface area (Å²) in [7, 11) is 1.52. The second-order valence-electron chi connectivity index (χ2n) is 9.42. The summed E-state index contributed by atoms with van der Waals surface area (Å²) in [6, 6.07) is 12.0. The van der Waals surface area contributed by atoms with Gasteiger partial charge in [0.05, 0.1) is 40.0 Å². The molecule has 13 heteroatoms. The van der Waals surface area contributed by atoms with Gasteiger partial charge in [0.2, 0.25) is 0 Å². The minimum absolute atomic E-state index is 0.154. The Labute approximate surface area is 262 Å². The number of halogens is 2. The minimum Gasteiger partial charge on any atom is -0.496 e. The molecule has 0 saturated carbocycles. The van der Waals surface area contributed by atoms with Gasteiger partial charge in [-0.1, -0.05) is 52.2 Å². The van der Waals surface area contributed by atoms with Crippen LogP contribution in [-0.2, 0) is 9.53 Å². The second kappa shape index (κ2) is 12.7. The highest BCUT2D eigenvalue weighted by Gasteiger charge is 2.36. The van der Waals surface area contributed by atoms with Gasteiger partial charge in [0.15, 0.2) is 4.80 Å². The highest BCUT2D eigenvalue weighted by Crippen LogP contribution is 2.38. The van der Waals surface area contributed by atoms with Crippen LogP contribution in [-0.4, -0.2) is 29.2 Å². The van der Waals surface area contributed by atoms with Crippen LogP contribution in [0.2, 0.25) is 5.02 Å². The smallest absolute Gasteiger partial charge is 0.338 e. The fourth-order valence-electron chi connectivity index (χ4n) is 4.90. The maximum atomic E-state index is 14.0. The van der Waals surface area contributed by atoms with Crippen LogP contribution in [0.1, 0.15) is 44.1 Å². The van der Waals surface area contributed by atoms with Crippen molar-refractivity contribution >= 4 is 56.6 Å². The van der Waals surface area contributed by atoms with E-state index in [2.05, 4.69) is 15.9 Å². The molecule has 43 heavy (non-hydrogen) atoms. The number of ether oxygens (including phenoxy) is 2. The number of methoxy groups -OCH3 is 1. The number of nitro groups is 1. The largest absolute Gasteiger partial charge is 0.496 e. The lowest BCUT2D eigenvalue weighted by atomic mass is 9.93. The number of carbonyl (C=O) groups is 1. The van der Waals surface area contributed by atoms with Crippen molar-refractivity contribution in [1.82, 2.24) is 4.57 Å². The Balaban J connectivity index is 1.71. The first-order valence-electron chi connectivity index (χ1n) is 13.3. The summed E-state index contributed by atoms with van der Waals surface area (Å²) in [5.41, 5.74) is 1.05. The summed E-state index contributed by atoms with van der Waals surface area (Å²) in [4.78, 5) is 43.7. The van der Waals surface area contributed by atoms with E-state index in [1.165, 1.54) is 29.9 Å². The minimum atomic E-state index is -0.865. The third-order valence-electron chi connectivity index (χ3n) is 6.70. The van der Waals surface area contributed by atoms with E-state index in [1.807, 2.05) is 19.1 Å². The number of aromatic nitrogens is 1. The number of fused-ring (bicyclic) bond motifs is 1. The highest BCUT2D eigenvalue weighted by molar-refractivity contribution is 9.10. The third-order valence-corrected chi connectivity index (χ3v) is 8.41.